The molecule has 1 aliphatic carbocycles. The van der Waals surface area contributed by atoms with Crippen LogP contribution in [-0.2, 0) is 11.3 Å². The molecule has 0 aromatic heterocycles. The molecule has 98 valence electrons. The molecule has 1 amide bonds. The summed E-state index contributed by atoms with van der Waals surface area (Å²) in [5.74, 6) is -1.04. The number of carbonyl (C=O) groups excluding carboxylic acids is 1. The van der Waals surface area contributed by atoms with E-state index in [0.29, 0.717) is 5.56 Å². The minimum atomic E-state index is -0.612. The second kappa shape index (κ2) is 5.65. The predicted molar refractivity (Wildman–Crippen MR) is 65.3 cm³/mol. The fourth-order valence-corrected chi connectivity index (χ4v) is 2.03. The molecule has 0 atom stereocenters. The summed E-state index contributed by atoms with van der Waals surface area (Å²) in [7, 11) is 0. The molecule has 0 saturated heterocycles. The first kappa shape index (κ1) is 13.3. The molecule has 2 rings (SSSR count). The van der Waals surface area contributed by atoms with Gasteiger partial charge in [-0.3, -0.25) is 4.79 Å². The number of hydrogen-bond donors (Lipinski definition) is 0. The van der Waals surface area contributed by atoms with Gasteiger partial charge in [0.2, 0.25) is 5.91 Å². The average molecular weight is 274 g/mol. The van der Waals surface area contributed by atoms with Crippen molar-refractivity contribution in [1.29, 1.82) is 0 Å². The molecule has 0 spiro atoms. The van der Waals surface area contributed by atoms with Crippen molar-refractivity contribution in [3.05, 3.63) is 35.4 Å². The van der Waals surface area contributed by atoms with Crippen LogP contribution in [0.15, 0.2) is 18.2 Å². The lowest BCUT2D eigenvalue weighted by Crippen LogP contribution is -2.33. The Labute approximate surface area is 110 Å². The summed E-state index contributed by atoms with van der Waals surface area (Å²) in [5, 5.41) is 0. The number of nitrogens with zero attached hydrogens (tertiary/aromatic N) is 1. The molecule has 0 N–H and O–H groups in total. The van der Waals surface area contributed by atoms with E-state index in [0.717, 1.165) is 18.9 Å². The lowest BCUT2D eigenvalue weighted by atomic mass is 10.2. The summed E-state index contributed by atoms with van der Waals surface area (Å²) < 4.78 is 26.3. The SMILES string of the molecule is O=C(CCCl)N(Cc1ccc(F)cc1F)C1CC1. The molecule has 2 nitrogen and oxygen atoms in total. The van der Waals surface area contributed by atoms with Crippen LogP contribution in [0.3, 0.4) is 0 Å². The van der Waals surface area contributed by atoms with Gasteiger partial charge in [0.05, 0.1) is 0 Å². The highest BCUT2D eigenvalue weighted by molar-refractivity contribution is 6.18. The largest absolute Gasteiger partial charge is 0.335 e. The van der Waals surface area contributed by atoms with Crippen molar-refractivity contribution in [3.8, 4) is 0 Å². The van der Waals surface area contributed by atoms with E-state index >= 15 is 0 Å². The zero-order valence-electron chi connectivity index (χ0n) is 9.83. The molecule has 1 fully saturated rings. The molecule has 18 heavy (non-hydrogen) atoms. The standard InChI is InChI=1S/C13H14ClF2NO/c14-6-5-13(18)17(11-3-4-11)8-9-1-2-10(15)7-12(9)16/h1-2,7,11H,3-6,8H2. The highest BCUT2D eigenvalue weighted by atomic mass is 35.5. The number of halogens is 3. The smallest absolute Gasteiger partial charge is 0.224 e. The van der Waals surface area contributed by atoms with Crippen molar-refractivity contribution in [2.24, 2.45) is 0 Å². The van der Waals surface area contributed by atoms with Crippen LogP contribution in [0.2, 0.25) is 0 Å². The molecular weight excluding hydrogens is 260 g/mol. The van der Waals surface area contributed by atoms with Crippen LogP contribution < -0.4 is 0 Å². The van der Waals surface area contributed by atoms with Crippen molar-refractivity contribution in [2.75, 3.05) is 5.88 Å². The summed E-state index contributed by atoms with van der Waals surface area (Å²) in [6, 6.07) is 3.61. The maximum atomic E-state index is 13.5. The number of hydrogen-bond acceptors (Lipinski definition) is 1. The van der Waals surface area contributed by atoms with Crippen molar-refractivity contribution >= 4 is 17.5 Å². The molecule has 0 aliphatic heterocycles. The number of alkyl halides is 1. The van der Waals surface area contributed by atoms with Gasteiger partial charge in [-0.05, 0) is 18.9 Å². The van der Waals surface area contributed by atoms with Gasteiger partial charge >= 0.3 is 0 Å². The van der Waals surface area contributed by atoms with E-state index in [9.17, 15) is 13.6 Å². The first-order valence-electron chi connectivity index (χ1n) is 5.91. The Bertz CT molecular complexity index is 449. The van der Waals surface area contributed by atoms with Crippen molar-refractivity contribution in [3.63, 3.8) is 0 Å². The van der Waals surface area contributed by atoms with Gasteiger partial charge in [-0.1, -0.05) is 6.07 Å². The van der Waals surface area contributed by atoms with E-state index in [1.54, 1.807) is 4.90 Å². The molecule has 0 heterocycles. The van der Waals surface area contributed by atoms with Gasteiger partial charge in [-0.2, -0.15) is 0 Å². The Morgan fingerprint density at radius 3 is 2.67 bits per heavy atom. The van der Waals surface area contributed by atoms with Crippen LogP contribution in [0.25, 0.3) is 0 Å². The summed E-state index contributed by atoms with van der Waals surface area (Å²) in [4.78, 5) is 13.5. The Balaban J connectivity index is 2.10. The molecule has 1 aromatic rings. The first-order chi connectivity index (χ1) is 8.61. The predicted octanol–water partition coefficient (Wildman–Crippen LogP) is 3.08. The second-order valence-corrected chi connectivity index (χ2v) is 4.81. The van der Waals surface area contributed by atoms with E-state index in [-0.39, 0.29) is 30.8 Å². The zero-order chi connectivity index (χ0) is 13.1. The molecule has 0 radical (unpaired) electrons. The van der Waals surface area contributed by atoms with Gasteiger partial charge in [0.15, 0.2) is 0 Å². The summed E-state index contributed by atoms with van der Waals surface area (Å²) in [6.07, 6.45) is 2.13. The second-order valence-electron chi connectivity index (χ2n) is 4.43. The van der Waals surface area contributed by atoms with E-state index in [1.165, 1.54) is 12.1 Å². The minimum Gasteiger partial charge on any atom is -0.335 e. The number of benzene rings is 1. The monoisotopic (exact) mass is 273 g/mol. The van der Waals surface area contributed by atoms with E-state index in [1.807, 2.05) is 0 Å². The van der Waals surface area contributed by atoms with E-state index < -0.39 is 11.6 Å². The number of carbonyl (C=O) groups is 1. The minimum absolute atomic E-state index is 0.0729. The summed E-state index contributed by atoms with van der Waals surface area (Å²) in [5.41, 5.74) is 0.339. The first-order valence-corrected chi connectivity index (χ1v) is 6.44. The lowest BCUT2D eigenvalue weighted by molar-refractivity contribution is -0.132. The highest BCUT2D eigenvalue weighted by Gasteiger charge is 2.32. The Morgan fingerprint density at radius 1 is 1.39 bits per heavy atom. The van der Waals surface area contributed by atoms with Gasteiger partial charge in [0.25, 0.3) is 0 Å². The molecule has 1 saturated carbocycles. The van der Waals surface area contributed by atoms with Crippen LogP contribution in [-0.4, -0.2) is 22.7 Å². The number of rotatable bonds is 5. The fourth-order valence-electron chi connectivity index (χ4n) is 1.86. The van der Waals surface area contributed by atoms with Gasteiger partial charge in [0.1, 0.15) is 11.6 Å². The van der Waals surface area contributed by atoms with Crippen LogP contribution in [0, 0.1) is 11.6 Å². The average Bonchev–Trinajstić information content (AvgIpc) is 3.12. The summed E-state index contributed by atoms with van der Waals surface area (Å²) in [6.45, 7) is 0.187. The van der Waals surface area contributed by atoms with Gasteiger partial charge < -0.3 is 4.90 Å². The van der Waals surface area contributed by atoms with Crippen LogP contribution in [0.1, 0.15) is 24.8 Å². The maximum Gasteiger partial charge on any atom is 0.224 e. The fraction of sp³-hybridized carbons (Fsp3) is 0.462. The third-order valence-electron chi connectivity index (χ3n) is 2.97. The van der Waals surface area contributed by atoms with Crippen LogP contribution in [0.4, 0.5) is 8.78 Å². The topological polar surface area (TPSA) is 20.3 Å². The molecule has 0 unspecified atom stereocenters. The van der Waals surface area contributed by atoms with Crippen molar-refractivity contribution in [2.45, 2.75) is 31.8 Å². The molecule has 1 aliphatic rings. The van der Waals surface area contributed by atoms with Crippen molar-refractivity contribution < 1.29 is 13.6 Å². The van der Waals surface area contributed by atoms with Crippen LogP contribution >= 0.6 is 11.6 Å². The van der Waals surface area contributed by atoms with Crippen molar-refractivity contribution in [1.82, 2.24) is 4.90 Å². The molecule has 1 aromatic carbocycles. The zero-order valence-corrected chi connectivity index (χ0v) is 10.6. The highest BCUT2D eigenvalue weighted by Crippen LogP contribution is 2.29. The molecular formula is C13H14ClF2NO. The normalized spacial score (nSPS) is 14.6. The molecule has 0 bridgehead atoms. The van der Waals surface area contributed by atoms with Gasteiger partial charge in [-0.25, -0.2) is 8.78 Å². The lowest BCUT2D eigenvalue weighted by Gasteiger charge is -2.22. The van der Waals surface area contributed by atoms with Gasteiger partial charge in [0, 0.05) is 36.5 Å². The van der Waals surface area contributed by atoms with E-state index in [2.05, 4.69) is 0 Å². The quantitative estimate of drug-likeness (QED) is 0.755. The Hall–Kier alpha value is -1.16. The third kappa shape index (κ3) is 3.19. The third-order valence-corrected chi connectivity index (χ3v) is 3.16. The maximum absolute atomic E-state index is 13.5. The molecule has 5 heteroatoms. The van der Waals surface area contributed by atoms with Gasteiger partial charge in [-0.15, -0.1) is 11.6 Å². The summed E-state index contributed by atoms with van der Waals surface area (Å²) >= 11 is 5.55. The Kier molecular flexibility index (Phi) is 4.17. The number of amides is 1. The Morgan fingerprint density at radius 2 is 2.11 bits per heavy atom. The van der Waals surface area contributed by atoms with E-state index in [4.69, 9.17) is 11.6 Å². The van der Waals surface area contributed by atoms with Crippen LogP contribution in [0.5, 0.6) is 0 Å².